The quantitative estimate of drug-likeness (QED) is 0.0433. The van der Waals surface area contributed by atoms with E-state index in [2.05, 4.69) is 42.5 Å². The second kappa shape index (κ2) is 33.8. The molecule has 37 heteroatoms. The number of carbonyl (C=O) groups excluding carboxylic acids is 9. The largest absolute Gasteiger partial charge is 0.508 e. The average Bonchev–Trinajstić information content (AvgIpc) is 0.765. The fourth-order valence-electron chi connectivity index (χ4n) is 13.2. The highest BCUT2D eigenvalue weighted by Crippen LogP contribution is 2.50. The number of nitrogens with two attached hydrogens (primary N) is 2. The first-order chi connectivity index (χ1) is 51.1. The van der Waals surface area contributed by atoms with Crippen molar-refractivity contribution in [1.29, 1.82) is 0 Å². The Morgan fingerprint density at radius 1 is 0.722 bits per heavy atom. The summed E-state index contributed by atoms with van der Waals surface area (Å²) in [6, 6.07) is -0.114. The van der Waals surface area contributed by atoms with Crippen molar-refractivity contribution in [3.05, 3.63) is 117 Å². The Morgan fingerprint density at radius 3 is 1.94 bits per heavy atom. The summed E-state index contributed by atoms with van der Waals surface area (Å²) in [5.74, 6) is -15.7. The summed E-state index contributed by atoms with van der Waals surface area (Å²) >= 11 is 14.2. The normalized spacial score (nSPS) is 28.2. The molecule has 582 valence electrons. The van der Waals surface area contributed by atoms with Crippen LogP contribution in [-0.2, 0) is 62.1 Å². The molecule has 8 amide bonds. The smallest absolute Gasteiger partial charge is 0.305 e. The lowest BCUT2D eigenvalue weighted by Crippen LogP contribution is -2.64. The average molecular weight is 1550 g/mol. The number of hydrogen-bond acceptors (Lipinski definition) is 27. The van der Waals surface area contributed by atoms with Crippen molar-refractivity contribution in [3.63, 3.8) is 0 Å². The Labute approximate surface area is 626 Å². The number of rotatable bonds is 17. The van der Waals surface area contributed by atoms with Gasteiger partial charge in [-0.3, -0.25) is 43.2 Å². The molecule has 12 rings (SSSR count). The van der Waals surface area contributed by atoms with Crippen molar-refractivity contribution in [2.24, 2.45) is 17.4 Å². The minimum absolute atomic E-state index is 0.0111. The SMILES string of the molecule is CN[C@H](CC(C)C)C(=O)N[C@H]1C(=O)N[C@@H](CC(N)=O)C(=O)N[C@H]2C(=O)N[C@H]3C(=O)N[C@H](C(=O)N[C@H](C(=O)NCCCC(=O)OC)c4cc(O)cc(O)c4-c4cc3ccc4O)[C@H](O)c3ccc(c(Cl)c3)Oc3cc2cc(c3O[C@@H]2O[C@H](CO)[C@@H](O)[C@H](O)[C@H]2O[C@H]2C[C@](C)(N)[C@H](O)[C@H](C)O2)Oc2ccc(cc2Cl)[C@H]1O. The number of amides is 8. The number of phenols is 3. The monoisotopic (exact) mass is 1550 g/mol. The number of primary amides is 1. The van der Waals surface area contributed by atoms with Gasteiger partial charge in [-0.05, 0) is 122 Å². The van der Waals surface area contributed by atoms with Crippen LogP contribution >= 0.6 is 23.2 Å². The number of carbonyl (C=O) groups is 9. The molecular formula is C71H84Cl2N10O25. The standard InChI is InChI=1S/C71H84Cl2N10O25/c1-27(2)16-38(76-5)63(95)82-54-56(90)30-10-13-42(36(72)18-30)104-44-20-32-21-45(60(44)108-70-61(59(93)58(92)46(26-84)106-70)107-49-25-71(4,75)62(94)28(3)103-49)105-43-14-11-31(19-37(43)73)57(91)55-69(101)81-53(65(97)77-15-7-8-48(89)102-6)35-22-33(85)23-41(87)50(35)34-17-29(9-12-40(34)86)51(66(98)83-55)80-67(99)52(32)79-64(96)39(24-47(74)88)78-68(54)100/h9-14,17-23,27-28,38-39,46,49,51-59,61-62,70,76,84-87,90-94H,7-8,15-16,24-26,75H2,1-6H3,(H2,74,88)(H,77,97)(H,78,100)(H,79,96)(H,80,99)(H,81,101)(H,82,95)(H,83,98)/t28-,38+,39-,46+,49-,51+,52+,53-,54+,55-,56+,57+,58+,59-,61+,62+,70-,71-/m0/s1. The maximum absolute atomic E-state index is 16.2. The van der Waals surface area contributed by atoms with Crippen molar-refractivity contribution >= 4 is 76.4 Å². The molecule has 18 atom stereocenters. The van der Waals surface area contributed by atoms with E-state index in [1.807, 2.05) is 13.8 Å². The van der Waals surface area contributed by atoms with E-state index >= 15 is 19.2 Å². The lowest BCUT2D eigenvalue weighted by Gasteiger charge is -2.47. The van der Waals surface area contributed by atoms with Gasteiger partial charge in [-0.25, -0.2) is 0 Å². The Morgan fingerprint density at radius 2 is 1.34 bits per heavy atom. The van der Waals surface area contributed by atoms with E-state index in [-0.39, 0.29) is 65.6 Å². The molecule has 35 nitrogen and oxygen atoms in total. The number of likely N-dealkylation sites (N-methyl/N-ethyl adjacent to an activating group) is 1. The summed E-state index contributed by atoms with van der Waals surface area (Å²) in [6.07, 6.45) is -18.8. The number of ether oxygens (including phenoxy) is 7. The van der Waals surface area contributed by atoms with Crippen LogP contribution in [0.3, 0.4) is 0 Å². The lowest BCUT2D eigenvalue weighted by atomic mass is 9.86. The van der Waals surface area contributed by atoms with Gasteiger partial charge in [0, 0.05) is 42.1 Å². The zero-order chi connectivity index (χ0) is 78.7. The van der Waals surface area contributed by atoms with Crippen LogP contribution in [0.15, 0.2) is 78.9 Å². The third-order valence-corrected chi connectivity index (χ3v) is 19.5. The topological polar surface area (TPSA) is 549 Å². The summed E-state index contributed by atoms with van der Waals surface area (Å²) < 4.78 is 43.2. The number of aliphatic hydroxyl groups excluding tert-OH is 6. The maximum atomic E-state index is 16.2. The van der Waals surface area contributed by atoms with Crippen LogP contribution < -0.4 is 68.2 Å². The summed E-state index contributed by atoms with van der Waals surface area (Å²) in [5.41, 5.74) is 8.34. The fourth-order valence-corrected chi connectivity index (χ4v) is 13.6. The molecule has 5 aromatic rings. The van der Waals surface area contributed by atoms with Crippen LogP contribution in [0.2, 0.25) is 10.0 Å². The van der Waals surface area contributed by atoms with Crippen LogP contribution in [-0.4, -0.2) is 205 Å². The number of esters is 1. The molecule has 2 saturated heterocycles. The molecule has 11 bridgehead atoms. The van der Waals surface area contributed by atoms with Crippen LogP contribution in [0.1, 0.15) is 118 Å². The molecule has 108 heavy (non-hydrogen) atoms. The first kappa shape index (κ1) is 80.8. The number of hydrogen-bond donors (Lipinski definition) is 19. The van der Waals surface area contributed by atoms with Crippen LogP contribution in [0.5, 0.6) is 46.0 Å². The highest BCUT2D eigenvalue weighted by atomic mass is 35.5. The number of aliphatic hydroxyl groups is 6. The third-order valence-electron chi connectivity index (χ3n) is 18.9. The highest BCUT2D eigenvalue weighted by Gasteiger charge is 2.52. The van der Waals surface area contributed by atoms with Gasteiger partial charge in [-0.1, -0.05) is 55.2 Å². The lowest BCUT2D eigenvalue weighted by molar-refractivity contribution is -0.333. The number of fused-ring (bicyclic) bond motifs is 15. The summed E-state index contributed by atoms with van der Waals surface area (Å²) in [7, 11) is 2.62. The van der Waals surface area contributed by atoms with Gasteiger partial charge < -0.3 is 133 Å². The zero-order valence-corrected chi connectivity index (χ0v) is 60.3. The van der Waals surface area contributed by atoms with Gasteiger partial charge in [0.25, 0.3) is 0 Å². The molecule has 7 aliphatic heterocycles. The minimum atomic E-state index is -2.35. The molecule has 5 aromatic carbocycles. The van der Waals surface area contributed by atoms with Gasteiger partial charge in [-0.15, -0.1) is 0 Å². The Kier molecular flexibility index (Phi) is 25.3. The first-order valence-electron chi connectivity index (χ1n) is 34.2. The molecule has 0 radical (unpaired) electrons. The van der Waals surface area contributed by atoms with Gasteiger partial charge in [0.2, 0.25) is 59.3 Å². The molecule has 0 spiro atoms. The molecule has 0 aliphatic carbocycles. The Hall–Kier alpha value is -9.73. The summed E-state index contributed by atoms with van der Waals surface area (Å²) in [5, 5.41) is 124. The third kappa shape index (κ3) is 17.8. The van der Waals surface area contributed by atoms with Crippen LogP contribution in [0.25, 0.3) is 11.1 Å². The van der Waals surface area contributed by atoms with E-state index in [0.717, 1.165) is 67.8 Å². The van der Waals surface area contributed by atoms with Crippen LogP contribution in [0.4, 0.5) is 0 Å². The molecule has 21 N–H and O–H groups in total. The second-order valence-corrected chi connectivity index (χ2v) is 28.2. The molecule has 0 unspecified atom stereocenters. The number of phenolic OH excluding ortho intramolecular Hbond substituents is 3. The molecule has 2 fully saturated rings. The molecule has 7 heterocycles. The van der Waals surface area contributed by atoms with Gasteiger partial charge in [-0.2, -0.15) is 0 Å². The van der Waals surface area contributed by atoms with E-state index in [1.54, 1.807) is 0 Å². The highest BCUT2D eigenvalue weighted by molar-refractivity contribution is 6.32. The van der Waals surface area contributed by atoms with Gasteiger partial charge in [0.05, 0.1) is 48.4 Å². The Balaban J connectivity index is 1.23. The minimum Gasteiger partial charge on any atom is -0.508 e. The Bertz CT molecular complexity index is 4290. The molecule has 0 aromatic heterocycles. The van der Waals surface area contributed by atoms with Gasteiger partial charge in [0.15, 0.2) is 23.9 Å². The van der Waals surface area contributed by atoms with Crippen molar-refractivity contribution in [3.8, 4) is 57.1 Å². The predicted octanol–water partition coefficient (Wildman–Crippen LogP) is 0.0910. The van der Waals surface area contributed by atoms with Crippen LogP contribution in [0, 0.1) is 5.92 Å². The molecular weight excluding hydrogens is 1460 g/mol. The van der Waals surface area contributed by atoms with E-state index in [0.29, 0.717) is 0 Å². The number of methoxy groups -OCH3 is 1. The second-order valence-electron chi connectivity index (χ2n) is 27.3. The number of aromatic hydroxyl groups is 3. The van der Waals surface area contributed by atoms with Crippen molar-refractivity contribution in [2.45, 2.75) is 169 Å². The van der Waals surface area contributed by atoms with Crippen molar-refractivity contribution in [2.75, 3.05) is 27.3 Å². The number of halogens is 2. The number of benzene rings is 5. The van der Waals surface area contributed by atoms with Crippen molar-refractivity contribution < 1.29 is 122 Å². The fraction of sp³-hybridized carbons (Fsp3) is 0.451. The maximum Gasteiger partial charge on any atom is 0.305 e. The first-order valence-corrected chi connectivity index (χ1v) is 34.9. The van der Waals surface area contributed by atoms with Crippen molar-refractivity contribution in [1.82, 2.24) is 42.5 Å². The predicted molar refractivity (Wildman–Crippen MR) is 376 cm³/mol. The van der Waals surface area contributed by atoms with Gasteiger partial charge >= 0.3 is 5.97 Å². The number of nitrogens with one attached hydrogen (secondary N) is 8. The van der Waals surface area contributed by atoms with E-state index in [4.69, 9.17) is 67.8 Å². The zero-order valence-electron chi connectivity index (χ0n) is 58.8. The summed E-state index contributed by atoms with van der Waals surface area (Å²) in [4.78, 5) is 131. The van der Waals surface area contributed by atoms with E-state index < -0.39 is 243 Å². The van der Waals surface area contributed by atoms with Gasteiger partial charge in [0.1, 0.15) is 95.5 Å². The summed E-state index contributed by atoms with van der Waals surface area (Å²) in [6.45, 7) is 5.42. The molecule has 0 saturated carbocycles. The van der Waals surface area contributed by atoms with E-state index in [9.17, 15) is 69.9 Å². The molecule has 7 aliphatic rings. The van der Waals surface area contributed by atoms with E-state index in [1.165, 1.54) is 39.1 Å².